The Balaban J connectivity index is 2.20. The Morgan fingerprint density at radius 1 is 1.22 bits per heavy atom. The van der Waals surface area contributed by atoms with Crippen molar-refractivity contribution in [2.24, 2.45) is 5.73 Å². The largest absolute Gasteiger partial charge is 0.385 e. The van der Waals surface area contributed by atoms with Crippen molar-refractivity contribution in [3.05, 3.63) is 42.1 Å². The molecule has 0 aliphatic heterocycles. The van der Waals surface area contributed by atoms with Gasteiger partial charge in [-0.15, -0.1) is 0 Å². The predicted molar refractivity (Wildman–Crippen MR) is 62.1 cm³/mol. The summed E-state index contributed by atoms with van der Waals surface area (Å²) in [6.45, 7) is 0. The molecule has 94 valence electrons. The molecule has 2 unspecified atom stereocenters. The summed E-state index contributed by atoms with van der Waals surface area (Å²) in [5, 5.41) is 22.6. The summed E-state index contributed by atoms with van der Waals surface area (Å²) in [5.41, 5.74) is 6.08. The predicted octanol–water partition coefficient (Wildman–Crippen LogP) is 0.221. The van der Waals surface area contributed by atoms with Gasteiger partial charge in [-0.25, -0.2) is 0 Å². The third-order valence-corrected chi connectivity index (χ3v) is 2.57. The highest BCUT2D eigenvalue weighted by Crippen LogP contribution is 2.23. The molecule has 2 aromatic rings. The van der Waals surface area contributed by atoms with Gasteiger partial charge < -0.3 is 20.5 Å². The van der Waals surface area contributed by atoms with Gasteiger partial charge in [-0.2, -0.15) is 0 Å². The number of hydrogen-bond donors (Lipinski definition) is 3. The van der Waals surface area contributed by atoms with E-state index in [-0.39, 0.29) is 0 Å². The summed E-state index contributed by atoms with van der Waals surface area (Å²) >= 11 is 0. The minimum absolute atomic E-state index is 0.393. The van der Waals surface area contributed by atoms with E-state index in [0.717, 1.165) is 5.56 Å². The first-order valence-electron chi connectivity index (χ1n) is 5.26. The Labute approximate surface area is 103 Å². The van der Waals surface area contributed by atoms with E-state index < -0.39 is 18.1 Å². The van der Waals surface area contributed by atoms with Gasteiger partial charge in [0.2, 0.25) is 5.91 Å². The maximum atomic E-state index is 10.8. The van der Waals surface area contributed by atoms with E-state index in [9.17, 15) is 15.0 Å². The van der Waals surface area contributed by atoms with Crippen LogP contribution in [-0.4, -0.2) is 27.4 Å². The summed E-state index contributed by atoms with van der Waals surface area (Å²) in [5.74, 6) is -0.381. The minimum Gasteiger partial charge on any atom is -0.385 e. The monoisotopic (exact) mass is 248 g/mol. The van der Waals surface area contributed by atoms with Crippen molar-refractivity contribution in [1.82, 2.24) is 5.16 Å². The third-order valence-electron chi connectivity index (χ3n) is 2.57. The van der Waals surface area contributed by atoms with Crippen molar-refractivity contribution >= 4 is 5.91 Å². The van der Waals surface area contributed by atoms with Crippen LogP contribution in [-0.2, 0) is 4.79 Å². The highest BCUT2D eigenvalue weighted by atomic mass is 16.5. The van der Waals surface area contributed by atoms with E-state index in [0.29, 0.717) is 11.3 Å². The van der Waals surface area contributed by atoms with Crippen LogP contribution in [0.3, 0.4) is 0 Å². The number of benzene rings is 1. The van der Waals surface area contributed by atoms with Gasteiger partial charge in [0.25, 0.3) is 0 Å². The normalized spacial score (nSPS) is 14.1. The lowest BCUT2D eigenvalue weighted by Crippen LogP contribution is -2.33. The van der Waals surface area contributed by atoms with Gasteiger partial charge in [-0.05, 0) is 5.56 Å². The molecule has 1 heterocycles. The van der Waals surface area contributed by atoms with Crippen molar-refractivity contribution in [2.75, 3.05) is 0 Å². The van der Waals surface area contributed by atoms with Gasteiger partial charge in [-0.1, -0.05) is 29.4 Å². The Hall–Kier alpha value is -2.18. The number of carbonyl (C=O) groups excluding carboxylic acids is 1. The standard InChI is InChI=1S/C12H12N2O4/c13-12(17)11(16)10(15)8-3-1-7(2-4-8)9-5-6-14-18-9/h1-6,10-11,15-16H,(H2,13,17). The molecule has 2 rings (SSSR count). The van der Waals surface area contributed by atoms with E-state index in [2.05, 4.69) is 5.16 Å². The Morgan fingerprint density at radius 3 is 2.39 bits per heavy atom. The molecule has 6 heteroatoms. The van der Waals surface area contributed by atoms with Crippen LogP contribution in [0.2, 0.25) is 0 Å². The molecule has 1 aromatic heterocycles. The first-order valence-corrected chi connectivity index (χ1v) is 5.26. The molecule has 6 nitrogen and oxygen atoms in total. The minimum atomic E-state index is -1.62. The number of aliphatic hydroxyl groups excluding tert-OH is 2. The number of aromatic nitrogens is 1. The second kappa shape index (κ2) is 4.99. The summed E-state index contributed by atoms with van der Waals surface area (Å²) < 4.78 is 4.97. The van der Waals surface area contributed by atoms with Crippen molar-refractivity contribution in [2.45, 2.75) is 12.2 Å². The van der Waals surface area contributed by atoms with Gasteiger partial charge in [0.1, 0.15) is 6.10 Å². The highest BCUT2D eigenvalue weighted by molar-refractivity contribution is 5.79. The molecular weight excluding hydrogens is 236 g/mol. The van der Waals surface area contributed by atoms with Gasteiger partial charge in [0, 0.05) is 11.6 Å². The first-order chi connectivity index (χ1) is 8.59. The number of primary amides is 1. The Bertz CT molecular complexity index is 522. The van der Waals surface area contributed by atoms with E-state index in [1.165, 1.54) is 6.20 Å². The van der Waals surface area contributed by atoms with Gasteiger partial charge >= 0.3 is 0 Å². The molecule has 0 radical (unpaired) electrons. The Morgan fingerprint density at radius 2 is 1.89 bits per heavy atom. The fourth-order valence-electron chi connectivity index (χ4n) is 1.55. The van der Waals surface area contributed by atoms with Crippen LogP contribution in [0.15, 0.2) is 41.1 Å². The molecule has 1 aromatic carbocycles. The van der Waals surface area contributed by atoms with Crippen molar-refractivity contribution < 1.29 is 19.5 Å². The number of amides is 1. The van der Waals surface area contributed by atoms with Crippen LogP contribution in [0.5, 0.6) is 0 Å². The van der Waals surface area contributed by atoms with Crippen LogP contribution >= 0.6 is 0 Å². The molecule has 2 atom stereocenters. The zero-order valence-electron chi connectivity index (χ0n) is 9.35. The fraction of sp³-hybridized carbons (Fsp3) is 0.167. The smallest absolute Gasteiger partial charge is 0.249 e. The van der Waals surface area contributed by atoms with E-state index >= 15 is 0 Å². The highest BCUT2D eigenvalue weighted by Gasteiger charge is 2.23. The topological polar surface area (TPSA) is 110 Å². The van der Waals surface area contributed by atoms with Crippen molar-refractivity contribution in [3.63, 3.8) is 0 Å². The van der Waals surface area contributed by atoms with E-state index in [4.69, 9.17) is 10.3 Å². The molecule has 4 N–H and O–H groups in total. The zero-order chi connectivity index (χ0) is 13.1. The second-order valence-electron chi connectivity index (χ2n) is 3.79. The van der Waals surface area contributed by atoms with Crippen LogP contribution in [0.4, 0.5) is 0 Å². The molecule has 0 bridgehead atoms. The first kappa shape index (κ1) is 12.3. The lowest BCUT2D eigenvalue weighted by atomic mass is 10.0. The number of aliphatic hydroxyl groups is 2. The average molecular weight is 248 g/mol. The zero-order valence-corrected chi connectivity index (χ0v) is 9.35. The molecule has 0 aliphatic rings. The molecule has 0 saturated carbocycles. The molecule has 0 spiro atoms. The summed E-state index contributed by atoms with van der Waals surface area (Å²) in [7, 11) is 0. The Kier molecular flexibility index (Phi) is 3.40. The lowest BCUT2D eigenvalue weighted by Gasteiger charge is -2.15. The van der Waals surface area contributed by atoms with Crippen molar-refractivity contribution in [3.8, 4) is 11.3 Å². The van der Waals surface area contributed by atoms with E-state index in [1.54, 1.807) is 30.3 Å². The molecular formula is C12H12N2O4. The number of nitrogens with zero attached hydrogens (tertiary/aromatic N) is 1. The number of carbonyl (C=O) groups is 1. The van der Waals surface area contributed by atoms with Crippen molar-refractivity contribution in [1.29, 1.82) is 0 Å². The number of nitrogens with two attached hydrogens (primary N) is 1. The molecule has 0 fully saturated rings. The quantitative estimate of drug-likeness (QED) is 0.717. The van der Waals surface area contributed by atoms with Gasteiger partial charge in [0.05, 0.1) is 6.20 Å². The third kappa shape index (κ3) is 2.39. The van der Waals surface area contributed by atoms with Crippen LogP contribution < -0.4 is 5.73 Å². The molecule has 0 saturated heterocycles. The molecule has 0 aliphatic carbocycles. The van der Waals surface area contributed by atoms with Crippen LogP contribution in [0, 0.1) is 0 Å². The van der Waals surface area contributed by atoms with Crippen LogP contribution in [0.1, 0.15) is 11.7 Å². The maximum absolute atomic E-state index is 10.8. The molecule has 18 heavy (non-hydrogen) atoms. The van der Waals surface area contributed by atoms with Gasteiger partial charge in [0.15, 0.2) is 11.9 Å². The summed E-state index contributed by atoms with van der Waals surface area (Å²) in [6.07, 6.45) is -1.44. The molecule has 1 amide bonds. The SMILES string of the molecule is NC(=O)C(O)C(O)c1ccc(-c2ccno2)cc1. The second-order valence-corrected chi connectivity index (χ2v) is 3.79. The average Bonchev–Trinajstić information content (AvgIpc) is 2.91. The number of hydrogen-bond acceptors (Lipinski definition) is 5. The summed E-state index contributed by atoms with van der Waals surface area (Å²) in [6, 6.07) is 8.23. The lowest BCUT2D eigenvalue weighted by molar-refractivity contribution is -0.131. The maximum Gasteiger partial charge on any atom is 0.249 e. The fourth-order valence-corrected chi connectivity index (χ4v) is 1.55. The van der Waals surface area contributed by atoms with Crippen LogP contribution in [0.25, 0.3) is 11.3 Å². The summed E-state index contributed by atoms with van der Waals surface area (Å²) in [4.78, 5) is 10.8. The van der Waals surface area contributed by atoms with Gasteiger partial charge in [-0.3, -0.25) is 4.79 Å². The van der Waals surface area contributed by atoms with E-state index in [1.807, 2.05) is 0 Å². The number of rotatable bonds is 4.